The van der Waals surface area contributed by atoms with Gasteiger partial charge >= 0.3 is 0 Å². The fraction of sp³-hybridized carbons (Fsp3) is 0.893. The molecule has 0 aliphatic heterocycles. The van der Waals surface area contributed by atoms with E-state index in [1.807, 2.05) is 0 Å². The van der Waals surface area contributed by atoms with Crippen LogP contribution >= 0.6 is 0 Å². The van der Waals surface area contributed by atoms with Gasteiger partial charge in [0.2, 0.25) is 11.8 Å². The molecule has 428 valence electrons. The summed E-state index contributed by atoms with van der Waals surface area (Å²) in [4.78, 5) is 28.1. The first-order valence-corrected chi connectivity index (χ1v) is 40.2. The molecule has 12 nitrogen and oxygen atoms in total. The lowest BCUT2D eigenvalue weighted by Gasteiger charge is -2.37. The van der Waals surface area contributed by atoms with E-state index in [9.17, 15) is 30.0 Å². The lowest BCUT2D eigenvalue weighted by molar-refractivity contribution is -0.132. The monoisotopic (exact) mass is 1090 g/mol. The van der Waals surface area contributed by atoms with E-state index in [-0.39, 0.29) is 64.4 Å². The lowest BCUT2D eigenvalue weighted by atomic mass is 10.2. The molecule has 2 amide bonds. The number of carbonyl (C=O) groups is 2. The number of hydrogen-bond donors (Lipinski definition) is 4. The Bertz CT molecular complexity index is 1360. The van der Waals surface area contributed by atoms with Crippen LogP contribution in [0.4, 0.5) is 0 Å². The van der Waals surface area contributed by atoms with E-state index in [0.717, 1.165) is 25.7 Å². The van der Waals surface area contributed by atoms with Crippen LogP contribution in [0, 0.1) is 0 Å². The van der Waals surface area contributed by atoms with Crippen LogP contribution in [0.2, 0.25) is 96.7 Å². The molecule has 0 spiro atoms. The number of amides is 2. The van der Waals surface area contributed by atoms with Crippen molar-refractivity contribution in [2.75, 3.05) is 79.0 Å². The first-order valence-electron chi connectivity index (χ1n) is 27.3. The van der Waals surface area contributed by atoms with Crippen molar-refractivity contribution in [1.29, 1.82) is 0 Å². The maximum absolute atomic E-state index is 12.6. The van der Waals surface area contributed by atoms with Crippen molar-refractivity contribution in [2.45, 2.75) is 244 Å². The molecule has 0 radical (unpaired) electrons. The molecule has 0 heterocycles. The van der Waals surface area contributed by atoms with Gasteiger partial charge in [-0.3, -0.25) is 9.59 Å². The van der Waals surface area contributed by atoms with Crippen LogP contribution < -0.4 is 0 Å². The molecule has 0 saturated heterocycles. The summed E-state index contributed by atoms with van der Waals surface area (Å²) in [5, 5.41) is 43.4. The van der Waals surface area contributed by atoms with Crippen molar-refractivity contribution < 1.29 is 49.0 Å². The van der Waals surface area contributed by atoms with E-state index in [2.05, 4.69) is 149 Å². The van der Waals surface area contributed by atoms with Crippen LogP contribution in [0.5, 0.6) is 0 Å². The average molecular weight is 1090 g/mol. The van der Waals surface area contributed by atoms with E-state index >= 15 is 0 Å². The minimum atomic E-state index is -1.33. The molecule has 0 fully saturated rings. The van der Waals surface area contributed by atoms with E-state index in [1.54, 1.807) is 13.8 Å². The SMILES string of the molecule is C=C(C)C(=O)N(CC(O)COCCC[Si](C)(C)C(C)(C)C)CC(O)COCCC[Si](C)(C)C(C)(C)C.C=C(C)C(=O)N(CC(O)COCCC[Si](C)(C)C(C)(C)C)CC(O)COCCC[Si](C)(C)C(C)(C)C. The van der Waals surface area contributed by atoms with Gasteiger partial charge in [-0.2, -0.15) is 0 Å². The third-order valence-electron chi connectivity index (χ3n) is 16.8. The topological polar surface area (TPSA) is 158 Å². The van der Waals surface area contributed by atoms with E-state index in [0.29, 0.717) is 57.7 Å². The summed E-state index contributed by atoms with van der Waals surface area (Å²) in [5.74, 6) is -0.548. The molecular weight excluding hydrogens is 973 g/mol. The first kappa shape index (κ1) is 73.0. The zero-order chi connectivity index (χ0) is 56.7. The van der Waals surface area contributed by atoms with Gasteiger partial charge in [0.25, 0.3) is 0 Å². The Morgan fingerprint density at radius 2 is 0.569 bits per heavy atom. The van der Waals surface area contributed by atoms with E-state index in [4.69, 9.17) is 18.9 Å². The molecule has 16 heteroatoms. The number of ether oxygens (including phenoxy) is 4. The van der Waals surface area contributed by atoms with Crippen molar-refractivity contribution in [2.24, 2.45) is 0 Å². The normalized spacial score (nSPS) is 15.0. The maximum Gasteiger partial charge on any atom is 0.249 e. The smallest absolute Gasteiger partial charge is 0.249 e. The van der Waals surface area contributed by atoms with Gasteiger partial charge in [0.15, 0.2) is 0 Å². The molecule has 0 bridgehead atoms. The van der Waals surface area contributed by atoms with E-state index < -0.39 is 56.7 Å². The molecular formula is C56H118N2O10Si4. The van der Waals surface area contributed by atoms with Crippen molar-refractivity contribution in [3.05, 3.63) is 24.3 Å². The van der Waals surface area contributed by atoms with Gasteiger partial charge in [0.1, 0.15) is 0 Å². The second kappa shape index (κ2) is 32.6. The van der Waals surface area contributed by atoms with Gasteiger partial charge in [-0.05, 0) is 59.7 Å². The molecule has 4 atom stereocenters. The molecule has 0 aliphatic carbocycles. The summed E-state index contributed by atoms with van der Waals surface area (Å²) >= 11 is 0. The summed E-state index contributed by atoms with van der Waals surface area (Å²) in [6.45, 7) is 61.2. The van der Waals surface area contributed by atoms with Crippen LogP contribution in [-0.4, -0.2) is 178 Å². The van der Waals surface area contributed by atoms with Crippen molar-refractivity contribution in [3.63, 3.8) is 0 Å². The second-order valence-electron chi connectivity index (χ2n) is 27.8. The van der Waals surface area contributed by atoms with Gasteiger partial charge in [-0.15, -0.1) is 0 Å². The highest BCUT2D eigenvalue weighted by molar-refractivity contribution is 6.81. The Morgan fingerprint density at radius 1 is 0.403 bits per heavy atom. The molecule has 0 aliphatic rings. The molecule has 4 unspecified atom stereocenters. The number of aliphatic hydroxyl groups excluding tert-OH is 4. The number of nitrogens with zero attached hydrogens (tertiary/aromatic N) is 2. The predicted molar refractivity (Wildman–Crippen MR) is 317 cm³/mol. The molecule has 0 aromatic carbocycles. The minimum absolute atomic E-state index is 0.0936. The van der Waals surface area contributed by atoms with Gasteiger partial charge < -0.3 is 49.2 Å². The van der Waals surface area contributed by atoms with Gasteiger partial charge in [0, 0.05) is 63.8 Å². The number of rotatable bonds is 34. The van der Waals surface area contributed by atoms with Crippen molar-refractivity contribution in [3.8, 4) is 0 Å². The average Bonchev–Trinajstić information content (AvgIpc) is 3.20. The predicted octanol–water partition coefficient (Wildman–Crippen LogP) is 11.9. The Kier molecular flexibility index (Phi) is 33.1. The lowest BCUT2D eigenvalue weighted by Crippen LogP contribution is -2.44. The fourth-order valence-electron chi connectivity index (χ4n) is 7.09. The Labute approximate surface area is 447 Å². The van der Waals surface area contributed by atoms with Crippen molar-refractivity contribution in [1.82, 2.24) is 9.80 Å². The summed E-state index contributed by atoms with van der Waals surface area (Å²) in [6, 6.07) is 4.70. The molecule has 0 rings (SSSR count). The van der Waals surface area contributed by atoms with Gasteiger partial charge in [-0.25, -0.2) is 0 Å². The summed E-state index contributed by atoms with van der Waals surface area (Å²) in [7, 11) is -5.33. The molecule has 0 saturated carbocycles. The Balaban J connectivity index is 0. The molecule has 0 aromatic rings. The number of hydrogen-bond acceptors (Lipinski definition) is 10. The van der Waals surface area contributed by atoms with Gasteiger partial charge in [0.05, 0.1) is 83.1 Å². The van der Waals surface area contributed by atoms with Crippen LogP contribution in [0.15, 0.2) is 24.3 Å². The highest BCUT2D eigenvalue weighted by atomic mass is 28.3. The van der Waals surface area contributed by atoms with Crippen LogP contribution in [0.1, 0.15) is 123 Å². The summed E-state index contributed by atoms with van der Waals surface area (Å²) in [6.07, 6.45) is 0.619. The van der Waals surface area contributed by atoms with E-state index in [1.165, 1.54) is 34.0 Å². The first-order chi connectivity index (χ1) is 32.4. The number of carbonyl (C=O) groups excluding carboxylic acids is 2. The third kappa shape index (κ3) is 30.1. The van der Waals surface area contributed by atoms with Crippen LogP contribution in [0.25, 0.3) is 0 Å². The summed E-state index contributed by atoms with van der Waals surface area (Å²) < 4.78 is 22.9. The quantitative estimate of drug-likeness (QED) is 0.0278. The third-order valence-corrected chi connectivity index (χ3v) is 39.4. The molecule has 4 N–H and O–H groups in total. The summed E-state index contributed by atoms with van der Waals surface area (Å²) in [5.41, 5.74) is 0.750. The molecule has 72 heavy (non-hydrogen) atoms. The van der Waals surface area contributed by atoms with Crippen LogP contribution in [0.3, 0.4) is 0 Å². The second-order valence-corrected chi connectivity index (χ2v) is 50.9. The molecule has 0 aromatic heterocycles. The highest BCUT2D eigenvalue weighted by Gasteiger charge is 2.37. The Morgan fingerprint density at radius 3 is 0.708 bits per heavy atom. The maximum atomic E-state index is 12.6. The van der Waals surface area contributed by atoms with Crippen LogP contribution in [-0.2, 0) is 28.5 Å². The largest absolute Gasteiger partial charge is 0.389 e. The standard InChI is InChI=1S/2C28H59NO5Si2/c2*1-23(2)26(32)29(19-24(30)21-33-15-13-17-35(9,10)27(3,4)5)20-25(31)22-34-16-14-18-36(11,12)28(6,7)8/h2*24-25,30-31H,1,13-22H2,2-12H3. The van der Waals surface area contributed by atoms with Gasteiger partial charge in [-0.1, -0.05) is 173 Å². The fourth-order valence-corrected chi connectivity index (χ4v) is 14.2. The zero-order valence-electron chi connectivity index (χ0n) is 51.0. The highest BCUT2D eigenvalue weighted by Crippen LogP contribution is 2.42. The zero-order valence-corrected chi connectivity index (χ0v) is 55.0. The van der Waals surface area contributed by atoms with Crippen molar-refractivity contribution >= 4 is 44.1 Å². The minimum Gasteiger partial charge on any atom is -0.389 e. The Hall–Kier alpha value is -1.03. The number of aliphatic hydroxyl groups is 4.